The number of likely N-dealkylation sites (tertiary alicyclic amines) is 1. The Morgan fingerprint density at radius 3 is 2.42 bits per heavy atom. The van der Waals surface area contributed by atoms with Gasteiger partial charge in [-0.05, 0) is 65.3 Å². The van der Waals surface area contributed by atoms with Crippen molar-refractivity contribution in [2.75, 3.05) is 39.8 Å². The van der Waals surface area contributed by atoms with Gasteiger partial charge in [-0.2, -0.15) is 0 Å². The van der Waals surface area contributed by atoms with Gasteiger partial charge in [0.1, 0.15) is 0 Å². The summed E-state index contributed by atoms with van der Waals surface area (Å²) in [5.74, 6) is 0.708. The molecule has 4 nitrogen and oxygen atoms in total. The Balaban J connectivity index is 1.95. The first-order valence-electron chi connectivity index (χ1n) is 7.92. The van der Waals surface area contributed by atoms with Crippen LogP contribution >= 0.6 is 0 Å². The molecule has 0 saturated carbocycles. The standard InChI is InChI=1S/C15H29N3O/c1-3-10-18(14-4-8-16-9-5-14)15(19)13-6-11-17(2)12-7-13/h13-14,16H,3-12H2,1-2H3. The van der Waals surface area contributed by atoms with Gasteiger partial charge in [-0.15, -0.1) is 0 Å². The summed E-state index contributed by atoms with van der Waals surface area (Å²) in [4.78, 5) is 17.3. The zero-order valence-corrected chi connectivity index (χ0v) is 12.5. The molecular weight excluding hydrogens is 238 g/mol. The Labute approximate surface area is 117 Å². The SMILES string of the molecule is CCCN(C(=O)C1CCN(C)CC1)C1CCNCC1. The maximum absolute atomic E-state index is 12.8. The van der Waals surface area contributed by atoms with Crippen LogP contribution in [0.1, 0.15) is 39.0 Å². The Kier molecular flexibility index (Phi) is 5.64. The van der Waals surface area contributed by atoms with E-state index in [0.29, 0.717) is 11.9 Å². The molecular formula is C15H29N3O. The minimum atomic E-state index is 0.276. The van der Waals surface area contributed by atoms with E-state index in [1.165, 1.54) is 0 Å². The third-order valence-corrected chi connectivity index (χ3v) is 4.56. The molecule has 0 spiro atoms. The first-order valence-corrected chi connectivity index (χ1v) is 7.92. The minimum Gasteiger partial charge on any atom is -0.339 e. The molecule has 0 aromatic carbocycles. The number of nitrogens with zero attached hydrogens (tertiary/aromatic N) is 2. The third-order valence-electron chi connectivity index (χ3n) is 4.56. The van der Waals surface area contributed by atoms with Crippen LogP contribution in [-0.4, -0.2) is 61.5 Å². The Hall–Kier alpha value is -0.610. The fraction of sp³-hybridized carbons (Fsp3) is 0.933. The van der Waals surface area contributed by atoms with E-state index < -0.39 is 0 Å². The molecule has 2 heterocycles. The zero-order valence-electron chi connectivity index (χ0n) is 12.5. The number of piperidine rings is 2. The highest BCUT2D eigenvalue weighted by molar-refractivity contribution is 5.79. The quantitative estimate of drug-likeness (QED) is 0.834. The van der Waals surface area contributed by atoms with Gasteiger partial charge in [-0.25, -0.2) is 0 Å². The lowest BCUT2D eigenvalue weighted by Gasteiger charge is -2.38. The Morgan fingerprint density at radius 1 is 1.21 bits per heavy atom. The number of hydrogen-bond donors (Lipinski definition) is 1. The molecule has 2 saturated heterocycles. The molecule has 0 atom stereocenters. The lowest BCUT2D eigenvalue weighted by molar-refractivity contribution is -0.140. The fourth-order valence-electron chi connectivity index (χ4n) is 3.32. The third kappa shape index (κ3) is 3.93. The molecule has 1 N–H and O–H groups in total. The Bertz CT molecular complexity index is 281. The van der Waals surface area contributed by atoms with Crippen LogP contribution in [0.4, 0.5) is 0 Å². The molecule has 2 fully saturated rings. The van der Waals surface area contributed by atoms with E-state index in [9.17, 15) is 4.79 Å². The van der Waals surface area contributed by atoms with Gasteiger partial charge in [0.05, 0.1) is 0 Å². The van der Waals surface area contributed by atoms with E-state index >= 15 is 0 Å². The van der Waals surface area contributed by atoms with Gasteiger partial charge in [-0.3, -0.25) is 4.79 Å². The molecule has 0 aliphatic carbocycles. The molecule has 0 bridgehead atoms. The number of amides is 1. The first kappa shape index (κ1) is 14.8. The number of carbonyl (C=O) groups excluding carboxylic acids is 1. The molecule has 2 rings (SSSR count). The number of rotatable bonds is 4. The van der Waals surface area contributed by atoms with E-state index in [-0.39, 0.29) is 5.92 Å². The van der Waals surface area contributed by atoms with Crippen molar-refractivity contribution >= 4 is 5.91 Å². The van der Waals surface area contributed by atoms with Gasteiger partial charge in [0.2, 0.25) is 5.91 Å². The van der Waals surface area contributed by atoms with E-state index in [4.69, 9.17) is 0 Å². The highest BCUT2D eigenvalue weighted by Gasteiger charge is 2.31. The summed E-state index contributed by atoms with van der Waals surface area (Å²) in [6.07, 6.45) is 5.40. The summed E-state index contributed by atoms with van der Waals surface area (Å²) in [6.45, 7) is 7.38. The van der Waals surface area contributed by atoms with Crippen molar-refractivity contribution in [2.45, 2.75) is 45.1 Å². The molecule has 0 radical (unpaired) electrons. The van der Waals surface area contributed by atoms with Crippen molar-refractivity contribution in [2.24, 2.45) is 5.92 Å². The molecule has 0 aromatic heterocycles. The molecule has 4 heteroatoms. The van der Waals surface area contributed by atoms with Gasteiger partial charge in [0.15, 0.2) is 0 Å². The summed E-state index contributed by atoms with van der Waals surface area (Å²) in [7, 11) is 2.15. The van der Waals surface area contributed by atoms with Crippen LogP contribution in [0, 0.1) is 5.92 Å². The Morgan fingerprint density at radius 2 is 1.84 bits per heavy atom. The molecule has 2 aliphatic rings. The van der Waals surface area contributed by atoms with Crippen molar-refractivity contribution < 1.29 is 4.79 Å². The second-order valence-corrected chi connectivity index (χ2v) is 6.09. The van der Waals surface area contributed by atoms with Crippen LogP contribution in [0.25, 0.3) is 0 Å². The van der Waals surface area contributed by atoms with Crippen LogP contribution in [0.5, 0.6) is 0 Å². The molecule has 19 heavy (non-hydrogen) atoms. The fourth-order valence-corrected chi connectivity index (χ4v) is 3.32. The van der Waals surface area contributed by atoms with E-state index in [1.54, 1.807) is 0 Å². The smallest absolute Gasteiger partial charge is 0.226 e. The second-order valence-electron chi connectivity index (χ2n) is 6.09. The van der Waals surface area contributed by atoms with Gasteiger partial charge in [0.25, 0.3) is 0 Å². The van der Waals surface area contributed by atoms with Gasteiger partial charge >= 0.3 is 0 Å². The summed E-state index contributed by atoms with van der Waals surface area (Å²) in [6, 6.07) is 0.480. The second kappa shape index (κ2) is 7.25. The monoisotopic (exact) mass is 267 g/mol. The van der Waals surface area contributed by atoms with Gasteiger partial charge in [0, 0.05) is 18.5 Å². The maximum Gasteiger partial charge on any atom is 0.226 e. The molecule has 0 unspecified atom stereocenters. The normalized spacial score (nSPS) is 23.5. The summed E-state index contributed by atoms with van der Waals surface area (Å²) in [5, 5.41) is 3.39. The van der Waals surface area contributed by atoms with E-state index in [1.807, 2.05) is 0 Å². The van der Waals surface area contributed by atoms with Crippen LogP contribution < -0.4 is 5.32 Å². The number of hydrogen-bond acceptors (Lipinski definition) is 3. The number of nitrogens with one attached hydrogen (secondary N) is 1. The molecule has 110 valence electrons. The largest absolute Gasteiger partial charge is 0.339 e. The lowest BCUT2D eigenvalue weighted by atomic mass is 9.93. The van der Waals surface area contributed by atoms with Gasteiger partial charge < -0.3 is 15.1 Å². The van der Waals surface area contributed by atoms with Gasteiger partial charge in [-0.1, -0.05) is 6.92 Å². The lowest BCUT2D eigenvalue weighted by Crippen LogP contribution is -2.50. The van der Waals surface area contributed by atoms with Crippen molar-refractivity contribution in [3.63, 3.8) is 0 Å². The molecule has 1 amide bonds. The average Bonchev–Trinajstić information content (AvgIpc) is 2.46. The minimum absolute atomic E-state index is 0.276. The average molecular weight is 267 g/mol. The van der Waals surface area contributed by atoms with Crippen LogP contribution in [0.2, 0.25) is 0 Å². The topological polar surface area (TPSA) is 35.6 Å². The van der Waals surface area contributed by atoms with Crippen LogP contribution in [-0.2, 0) is 4.79 Å². The van der Waals surface area contributed by atoms with Crippen LogP contribution in [0.3, 0.4) is 0 Å². The summed E-state index contributed by atoms with van der Waals surface area (Å²) >= 11 is 0. The van der Waals surface area contributed by atoms with Crippen molar-refractivity contribution in [3.05, 3.63) is 0 Å². The summed E-state index contributed by atoms with van der Waals surface area (Å²) in [5.41, 5.74) is 0. The highest BCUT2D eigenvalue weighted by atomic mass is 16.2. The van der Waals surface area contributed by atoms with Crippen molar-refractivity contribution in [3.8, 4) is 0 Å². The predicted molar refractivity (Wildman–Crippen MR) is 78.1 cm³/mol. The summed E-state index contributed by atoms with van der Waals surface area (Å²) < 4.78 is 0. The van der Waals surface area contributed by atoms with E-state index in [2.05, 4.69) is 29.1 Å². The van der Waals surface area contributed by atoms with Crippen molar-refractivity contribution in [1.29, 1.82) is 0 Å². The highest BCUT2D eigenvalue weighted by Crippen LogP contribution is 2.22. The molecule has 2 aliphatic heterocycles. The van der Waals surface area contributed by atoms with E-state index in [0.717, 1.165) is 64.8 Å². The van der Waals surface area contributed by atoms with Crippen molar-refractivity contribution in [1.82, 2.24) is 15.1 Å². The zero-order chi connectivity index (χ0) is 13.7. The van der Waals surface area contributed by atoms with Crippen LogP contribution in [0.15, 0.2) is 0 Å². The molecule has 0 aromatic rings. The predicted octanol–water partition coefficient (Wildman–Crippen LogP) is 1.32. The maximum atomic E-state index is 12.8. The number of carbonyl (C=O) groups is 1. The first-order chi connectivity index (χ1) is 9.22.